The number of fused-ring (bicyclic) bond motifs is 1. The van der Waals surface area contributed by atoms with Crippen molar-refractivity contribution in [2.24, 2.45) is 0 Å². The van der Waals surface area contributed by atoms with E-state index in [1.807, 2.05) is 18.2 Å². The predicted molar refractivity (Wildman–Crippen MR) is 78.2 cm³/mol. The van der Waals surface area contributed by atoms with Crippen LogP contribution >= 0.6 is 0 Å². The molecule has 7 nitrogen and oxygen atoms in total. The summed E-state index contributed by atoms with van der Waals surface area (Å²) in [5, 5.41) is 17.4. The zero-order valence-electron chi connectivity index (χ0n) is 11.1. The van der Waals surface area contributed by atoms with Crippen molar-refractivity contribution in [1.29, 1.82) is 0 Å². The number of hydrogen-bond acceptors (Lipinski definition) is 4. The molecule has 0 radical (unpaired) electrons. The van der Waals surface area contributed by atoms with Gasteiger partial charge in [-0.3, -0.25) is 4.55 Å². The van der Waals surface area contributed by atoms with Gasteiger partial charge in [-0.25, -0.2) is 9.59 Å². The van der Waals surface area contributed by atoms with E-state index >= 15 is 0 Å². The van der Waals surface area contributed by atoms with Crippen LogP contribution in [0.5, 0.6) is 0 Å². The normalized spacial score (nSPS) is 11.0. The summed E-state index contributed by atoms with van der Waals surface area (Å²) in [7, 11) is -4.09. The van der Waals surface area contributed by atoms with Gasteiger partial charge in [-0.15, -0.1) is 0 Å². The third-order valence-electron chi connectivity index (χ3n) is 2.39. The second-order valence-corrected chi connectivity index (χ2v) is 5.42. The van der Waals surface area contributed by atoms with Crippen LogP contribution in [0.15, 0.2) is 59.5 Å². The average Bonchev–Trinajstić information content (AvgIpc) is 2.44. The quantitative estimate of drug-likeness (QED) is 0.580. The van der Waals surface area contributed by atoms with Crippen LogP contribution in [0, 0.1) is 0 Å². The first-order valence-electron chi connectivity index (χ1n) is 5.80. The number of carboxylic acids is 2. The van der Waals surface area contributed by atoms with E-state index in [4.69, 9.17) is 14.8 Å². The Morgan fingerprint density at radius 2 is 1.36 bits per heavy atom. The molecule has 2 rings (SSSR count). The third-order valence-corrected chi connectivity index (χ3v) is 3.24. The van der Waals surface area contributed by atoms with E-state index in [2.05, 4.69) is 0 Å². The Kier molecular flexibility index (Phi) is 5.79. The largest absolute Gasteiger partial charge is 0.478 e. The molecule has 0 atom stereocenters. The maximum atomic E-state index is 10.8. The number of benzene rings is 2. The van der Waals surface area contributed by atoms with E-state index < -0.39 is 22.1 Å². The van der Waals surface area contributed by atoms with Crippen LogP contribution in [0.4, 0.5) is 0 Å². The summed E-state index contributed by atoms with van der Waals surface area (Å²) >= 11 is 0. The lowest BCUT2D eigenvalue weighted by molar-refractivity contribution is -0.134. The van der Waals surface area contributed by atoms with Gasteiger partial charge in [0.25, 0.3) is 10.1 Å². The van der Waals surface area contributed by atoms with Gasteiger partial charge >= 0.3 is 11.9 Å². The van der Waals surface area contributed by atoms with Crippen molar-refractivity contribution < 1.29 is 32.8 Å². The molecule has 116 valence electrons. The molecule has 0 aromatic heterocycles. The van der Waals surface area contributed by atoms with E-state index in [0.29, 0.717) is 12.2 Å². The fraction of sp³-hybridized carbons (Fsp3) is 0. The highest BCUT2D eigenvalue weighted by Gasteiger charge is 2.08. The summed E-state index contributed by atoms with van der Waals surface area (Å²) in [6.07, 6.45) is 1.12. The van der Waals surface area contributed by atoms with Crippen molar-refractivity contribution >= 4 is 32.8 Å². The van der Waals surface area contributed by atoms with Crippen molar-refractivity contribution in [3.05, 3.63) is 54.6 Å². The molecule has 0 saturated heterocycles. The minimum atomic E-state index is -4.09. The molecule has 2 aromatic carbocycles. The molecule has 2 aromatic rings. The molecule has 8 heteroatoms. The Hall–Kier alpha value is -2.71. The zero-order chi connectivity index (χ0) is 16.8. The second-order valence-electron chi connectivity index (χ2n) is 3.99. The van der Waals surface area contributed by atoms with Crippen molar-refractivity contribution in [3.8, 4) is 0 Å². The number of rotatable bonds is 3. The Morgan fingerprint density at radius 3 is 1.82 bits per heavy atom. The Labute approximate surface area is 125 Å². The molecule has 0 spiro atoms. The minimum Gasteiger partial charge on any atom is -0.478 e. The molecular formula is C14H12O7S. The smallest absolute Gasteiger partial charge is 0.328 e. The SMILES string of the molecule is O=C(O)C=CC(=O)O.O=S(=O)(O)c1ccc2ccccc2c1. The monoisotopic (exact) mass is 324 g/mol. The van der Waals surface area contributed by atoms with Gasteiger partial charge in [0.05, 0.1) is 4.90 Å². The summed E-state index contributed by atoms with van der Waals surface area (Å²) in [6.45, 7) is 0. The molecule has 0 heterocycles. The molecule has 0 fully saturated rings. The third kappa shape index (κ3) is 5.73. The van der Waals surface area contributed by atoms with Crippen LogP contribution in [0.25, 0.3) is 10.8 Å². The molecule has 0 unspecified atom stereocenters. The van der Waals surface area contributed by atoms with E-state index in [9.17, 15) is 18.0 Å². The predicted octanol–water partition coefficient (Wildman–Crippen LogP) is 1.80. The summed E-state index contributed by atoms with van der Waals surface area (Å²) in [4.78, 5) is 19.0. The highest BCUT2D eigenvalue weighted by Crippen LogP contribution is 2.18. The molecular weight excluding hydrogens is 312 g/mol. The van der Waals surface area contributed by atoms with Gasteiger partial charge in [0.2, 0.25) is 0 Å². The van der Waals surface area contributed by atoms with E-state index in [1.54, 1.807) is 12.1 Å². The van der Waals surface area contributed by atoms with Crippen LogP contribution in [0.3, 0.4) is 0 Å². The summed E-state index contributed by atoms with van der Waals surface area (Å²) in [5.41, 5.74) is 0. The van der Waals surface area contributed by atoms with E-state index in [1.165, 1.54) is 12.1 Å². The summed E-state index contributed by atoms with van der Waals surface area (Å²) in [5.74, 6) is -2.51. The Morgan fingerprint density at radius 1 is 0.864 bits per heavy atom. The van der Waals surface area contributed by atoms with Crippen LogP contribution in [-0.2, 0) is 19.7 Å². The maximum absolute atomic E-state index is 10.8. The molecule has 0 aliphatic rings. The van der Waals surface area contributed by atoms with Gasteiger partial charge in [-0.1, -0.05) is 30.3 Å². The number of hydrogen-bond donors (Lipinski definition) is 3. The van der Waals surface area contributed by atoms with Gasteiger partial charge < -0.3 is 10.2 Å². The molecule has 3 N–H and O–H groups in total. The highest BCUT2D eigenvalue weighted by atomic mass is 32.2. The molecule has 0 bridgehead atoms. The fourth-order valence-corrected chi connectivity index (χ4v) is 1.99. The highest BCUT2D eigenvalue weighted by molar-refractivity contribution is 7.85. The van der Waals surface area contributed by atoms with E-state index in [0.717, 1.165) is 10.8 Å². The Balaban J connectivity index is 0.000000261. The minimum absolute atomic E-state index is 0.0730. The standard InChI is InChI=1S/C10H8O3S.C4H4O4/c11-14(12,13)10-6-5-8-3-1-2-4-9(8)7-10;5-3(6)1-2-4(7)8/h1-7H,(H,11,12,13);1-2H,(H,5,6)(H,7,8). The van der Waals surface area contributed by atoms with Gasteiger partial charge in [-0.2, -0.15) is 8.42 Å². The van der Waals surface area contributed by atoms with Gasteiger partial charge in [0, 0.05) is 12.2 Å². The van der Waals surface area contributed by atoms with Gasteiger partial charge in [-0.05, 0) is 22.9 Å². The summed E-state index contributed by atoms with van der Waals surface area (Å²) < 4.78 is 30.5. The first-order chi connectivity index (χ1) is 10.2. The maximum Gasteiger partial charge on any atom is 0.328 e. The second kappa shape index (κ2) is 7.34. The molecule has 0 amide bonds. The van der Waals surface area contributed by atoms with Crippen LogP contribution in [0.1, 0.15) is 0 Å². The molecule has 0 aliphatic heterocycles. The Bertz CT molecular complexity index is 806. The molecule has 22 heavy (non-hydrogen) atoms. The first-order valence-corrected chi connectivity index (χ1v) is 7.24. The van der Waals surface area contributed by atoms with Crippen LogP contribution in [-0.4, -0.2) is 35.1 Å². The van der Waals surface area contributed by atoms with Gasteiger partial charge in [0.1, 0.15) is 0 Å². The van der Waals surface area contributed by atoms with E-state index in [-0.39, 0.29) is 4.90 Å². The lowest BCUT2D eigenvalue weighted by Gasteiger charge is -1.99. The van der Waals surface area contributed by atoms with Crippen molar-refractivity contribution in [1.82, 2.24) is 0 Å². The fourth-order valence-electron chi connectivity index (χ4n) is 1.47. The van der Waals surface area contributed by atoms with Crippen molar-refractivity contribution in [2.75, 3.05) is 0 Å². The number of carboxylic acid groups (broad SMARTS) is 2. The van der Waals surface area contributed by atoms with Crippen LogP contribution in [0.2, 0.25) is 0 Å². The zero-order valence-corrected chi connectivity index (χ0v) is 11.9. The van der Waals surface area contributed by atoms with Crippen molar-refractivity contribution in [2.45, 2.75) is 4.90 Å². The lowest BCUT2D eigenvalue weighted by atomic mass is 10.1. The van der Waals surface area contributed by atoms with Gasteiger partial charge in [0.15, 0.2) is 0 Å². The lowest BCUT2D eigenvalue weighted by Crippen LogP contribution is -1.97. The number of carbonyl (C=O) groups is 2. The average molecular weight is 324 g/mol. The molecule has 0 aliphatic carbocycles. The topological polar surface area (TPSA) is 129 Å². The molecule has 0 saturated carbocycles. The van der Waals surface area contributed by atoms with Crippen molar-refractivity contribution in [3.63, 3.8) is 0 Å². The summed E-state index contributed by atoms with van der Waals surface area (Å²) in [6, 6.07) is 11.9. The van der Waals surface area contributed by atoms with Crippen LogP contribution < -0.4 is 0 Å². The number of aliphatic carboxylic acids is 2. The first kappa shape index (κ1) is 17.3.